The molecule has 2 aromatic rings. The van der Waals surface area contributed by atoms with Gasteiger partial charge in [0.1, 0.15) is 27.2 Å². The quantitative estimate of drug-likeness (QED) is 0.349. The number of anilines is 2. The van der Waals surface area contributed by atoms with E-state index >= 15 is 4.39 Å². The molecule has 1 saturated heterocycles. The first-order valence-electron chi connectivity index (χ1n) is 9.93. The second-order valence-corrected chi connectivity index (χ2v) is 9.37. The van der Waals surface area contributed by atoms with Crippen LogP contribution in [0.15, 0.2) is 29.2 Å². The number of pyridine rings is 1. The zero-order valence-corrected chi connectivity index (χ0v) is 19.1. The number of hydrogen-bond donors (Lipinski definition) is 1. The van der Waals surface area contributed by atoms with E-state index in [1.54, 1.807) is 7.11 Å². The van der Waals surface area contributed by atoms with Crippen LogP contribution >= 0.6 is 23.5 Å². The van der Waals surface area contributed by atoms with Crippen molar-refractivity contribution >= 4 is 35.1 Å². The topological polar surface area (TPSA) is 40.6 Å². The number of halogens is 4. The molecule has 1 aliphatic heterocycles. The number of nitrogens with zero attached hydrogens (tertiary/aromatic N) is 3. The maximum atomic E-state index is 15.0. The molecular weight excluding hydrogens is 449 g/mol. The zero-order valence-electron chi connectivity index (χ0n) is 17.5. The molecule has 0 spiro atoms. The molecule has 4 rings (SSSR count). The lowest BCUT2D eigenvalue weighted by molar-refractivity contribution is -0.0648. The first-order valence-corrected chi connectivity index (χ1v) is 11.1. The van der Waals surface area contributed by atoms with E-state index < -0.39 is 23.2 Å². The Bertz CT molecular complexity index is 991. The molecule has 2 fully saturated rings. The van der Waals surface area contributed by atoms with Gasteiger partial charge in [-0.2, -0.15) is 4.39 Å². The minimum Gasteiger partial charge on any atom is -0.374 e. The average molecular weight is 473 g/mol. The Hall–Kier alpha value is -1.68. The predicted octanol–water partition coefficient (Wildman–Crippen LogP) is 4.96. The summed E-state index contributed by atoms with van der Waals surface area (Å²) in [6, 6.07) is 5.37. The van der Waals surface area contributed by atoms with Gasteiger partial charge in [-0.05, 0) is 57.4 Å². The highest BCUT2D eigenvalue weighted by Crippen LogP contribution is 2.54. The first kappa shape index (κ1) is 22.5. The Morgan fingerprint density at radius 2 is 1.97 bits per heavy atom. The van der Waals surface area contributed by atoms with Crippen LogP contribution in [0.25, 0.3) is 0 Å². The molecule has 31 heavy (non-hydrogen) atoms. The summed E-state index contributed by atoms with van der Waals surface area (Å²) >= 11 is 6.99. The number of rotatable bonds is 7. The monoisotopic (exact) mass is 472 g/mol. The van der Waals surface area contributed by atoms with Gasteiger partial charge in [0, 0.05) is 26.3 Å². The van der Waals surface area contributed by atoms with E-state index in [0.29, 0.717) is 30.7 Å². The van der Waals surface area contributed by atoms with Crippen LogP contribution in [0.1, 0.15) is 19.3 Å². The number of methoxy groups -OCH3 is 1. The van der Waals surface area contributed by atoms with E-state index in [1.807, 2.05) is 19.0 Å². The van der Waals surface area contributed by atoms with Crippen molar-refractivity contribution in [1.29, 1.82) is 0 Å². The van der Waals surface area contributed by atoms with Gasteiger partial charge in [0.25, 0.3) is 0 Å². The summed E-state index contributed by atoms with van der Waals surface area (Å²) < 4.78 is 51.7. The van der Waals surface area contributed by atoms with Gasteiger partial charge in [-0.1, -0.05) is 17.7 Å². The van der Waals surface area contributed by atoms with Crippen molar-refractivity contribution in [1.82, 2.24) is 9.88 Å². The van der Waals surface area contributed by atoms with Gasteiger partial charge in [-0.3, -0.25) is 0 Å². The third-order valence-electron chi connectivity index (χ3n) is 6.46. The lowest BCUT2D eigenvalue weighted by Crippen LogP contribution is -2.55. The highest BCUT2D eigenvalue weighted by atomic mass is 35.5. The first-order chi connectivity index (χ1) is 14.7. The smallest absolute Gasteiger partial charge is 0.214 e. The van der Waals surface area contributed by atoms with E-state index in [9.17, 15) is 8.78 Å². The normalized spacial score (nSPS) is 22.3. The summed E-state index contributed by atoms with van der Waals surface area (Å²) in [6.45, 7) is 1.08. The highest BCUT2D eigenvalue weighted by Gasteiger charge is 2.63. The van der Waals surface area contributed by atoms with E-state index in [2.05, 4.69) is 14.6 Å². The van der Waals surface area contributed by atoms with Crippen LogP contribution in [0, 0.1) is 17.6 Å². The van der Waals surface area contributed by atoms with Gasteiger partial charge in [-0.15, -0.1) is 0 Å². The Kier molecular flexibility index (Phi) is 6.06. The minimum atomic E-state index is -0.866. The fourth-order valence-corrected chi connectivity index (χ4v) is 5.60. The maximum Gasteiger partial charge on any atom is 0.214 e. The van der Waals surface area contributed by atoms with Gasteiger partial charge in [0.2, 0.25) is 5.95 Å². The molecular formula is C21H24ClF3N4OS. The third kappa shape index (κ3) is 3.86. The van der Waals surface area contributed by atoms with Crippen LogP contribution in [0.3, 0.4) is 0 Å². The van der Waals surface area contributed by atoms with Gasteiger partial charge < -0.3 is 19.3 Å². The van der Waals surface area contributed by atoms with E-state index in [0.717, 1.165) is 19.3 Å². The third-order valence-corrected chi connectivity index (χ3v) is 7.71. The summed E-state index contributed by atoms with van der Waals surface area (Å²) in [4.78, 5) is 7.39. The lowest BCUT2D eigenvalue weighted by atomic mass is 9.89. The van der Waals surface area contributed by atoms with Gasteiger partial charge in [0.05, 0.1) is 11.2 Å². The number of nitrogens with one attached hydrogen (secondary N) is 1. The number of likely N-dealkylation sites (N-methyl/N-ethyl adjacent to an activating group) is 1. The SMILES string of the molecule is CO[C@@]1(C2(N(C)C)CC2)CCN(c2cc(F)c(SNc3cccc(F)n3)c(F)c2Cl)C1. The molecule has 10 heteroatoms. The van der Waals surface area contributed by atoms with Gasteiger partial charge in [0.15, 0.2) is 5.82 Å². The van der Waals surface area contributed by atoms with Crippen molar-refractivity contribution in [3.05, 3.63) is 46.9 Å². The predicted molar refractivity (Wildman–Crippen MR) is 117 cm³/mol. The Balaban J connectivity index is 1.56. The molecule has 168 valence electrons. The van der Waals surface area contributed by atoms with Crippen LogP contribution in [-0.2, 0) is 4.74 Å². The summed E-state index contributed by atoms with van der Waals surface area (Å²) in [5.41, 5.74) is -0.193. The molecule has 0 bridgehead atoms. The van der Waals surface area contributed by atoms with Crippen LogP contribution in [0.5, 0.6) is 0 Å². The average Bonchev–Trinajstić information content (AvgIpc) is 3.45. The Morgan fingerprint density at radius 1 is 1.23 bits per heavy atom. The summed E-state index contributed by atoms with van der Waals surface area (Å²) in [6.07, 6.45) is 2.78. The van der Waals surface area contributed by atoms with Crippen LogP contribution in [0.4, 0.5) is 24.7 Å². The Morgan fingerprint density at radius 3 is 2.58 bits per heavy atom. The van der Waals surface area contributed by atoms with Gasteiger partial charge >= 0.3 is 0 Å². The zero-order chi connectivity index (χ0) is 22.4. The van der Waals surface area contributed by atoms with Crippen LogP contribution in [0.2, 0.25) is 5.02 Å². The highest BCUT2D eigenvalue weighted by molar-refractivity contribution is 8.00. The molecule has 1 aromatic heterocycles. The van der Waals surface area contributed by atoms with E-state index in [-0.39, 0.29) is 21.3 Å². The molecule has 1 aromatic carbocycles. The van der Waals surface area contributed by atoms with Crippen molar-refractivity contribution in [3.8, 4) is 0 Å². The Labute approximate surface area is 189 Å². The molecule has 2 aliphatic rings. The second-order valence-electron chi connectivity index (χ2n) is 8.18. The van der Waals surface area contributed by atoms with E-state index in [4.69, 9.17) is 16.3 Å². The van der Waals surface area contributed by atoms with E-state index in [1.165, 1.54) is 24.3 Å². The van der Waals surface area contributed by atoms with Crippen LogP contribution < -0.4 is 9.62 Å². The number of benzene rings is 1. The molecule has 1 aliphatic carbocycles. The van der Waals surface area contributed by atoms with Crippen molar-refractivity contribution in [2.75, 3.05) is 43.9 Å². The molecule has 5 nitrogen and oxygen atoms in total. The fourth-order valence-electron chi connectivity index (χ4n) is 4.61. The maximum absolute atomic E-state index is 15.0. The molecule has 1 N–H and O–H groups in total. The summed E-state index contributed by atoms with van der Waals surface area (Å²) in [5, 5.41) is -0.153. The minimum absolute atomic E-state index is 0.0717. The lowest BCUT2D eigenvalue weighted by Gasteiger charge is -2.41. The fraction of sp³-hybridized carbons (Fsp3) is 0.476. The number of ether oxygens (including phenoxy) is 1. The van der Waals surface area contributed by atoms with Crippen molar-refractivity contribution in [2.45, 2.75) is 35.3 Å². The summed E-state index contributed by atoms with van der Waals surface area (Å²) in [7, 11) is 5.77. The number of aromatic nitrogens is 1. The standard InChI is InChI=1S/C21H24ClF3N4OS/c1-28(2)20(7-8-20)21(30-3)9-10-29(12-21)14-11-13(23)19(18(25)17(14)22)31-27-16-6-4-5-15(24)26-16/h4-6,11H,7-10,12H2,1-3H3,(H,26,27)/t21-/m0/s1. The molecule has 0 unspecified atom stereocenters. The molecule has 1 saturated carbocycles. The molecule has 2 heterocycles. The molecule has 1 atom stereocenters. The number of hydrogen-bond acceptors (Lipinski definition) is 6. The van der Waals surface area contributed by atoms with Crippen molar-refractivity contribution < 1.29 is 17.9 Å². The second kappa shape index (κ2) is 8.35. The largest absolute Gasteiger partial charge is 0.374 e. The van der Waals surface area contributed by atoms with Crippen LogP contribution in [-0.4, -0.2) is 55.3 Å². The van der Waals surface area contributed by atoms with Crippen molar-refractivity contribution in [3.63, 3.8) is 0 Å². The molecule has 0 radical (unpaired) electrons. The van der Waals surface area contributed by atoms with Crippen molar-refractivity contribution in [2.24, 2.45) is 0 Å². The summed E-state index contributed by atoms with van der Waals surface area (Å²) in [5.74, 6) is -2.17. The van der Waals surface area contributed by atoms with Gasteiger partial charge in [-0.25, -0.2) is 13.8 Å². The molecule has 0 amide bonds.